The van der Waals surface area contributed by atoms with Crippen LogP contribution in [0.2, 0.25) is 0 Å². The molecule has 4 nitrogen and oxygen atoms in total. The topological polar surface area (TPSA) is 40.6 Å². The van der Waals surface area contributed by atoms with Gasteiger partial charge in [0.1, 0.15) is 6.17 Å². The van der Waals surface area contributed by atoms with Crippen molar-refractivity contribution < 1.29 is 12.8 Å². The van der Waals surface area contributed by atoms with E-state index in [2.05, 4.69) is 18.7 Å². The van der Waals surface area contributed by atoms with Crippen LogP contribution in [-0.2, 0) is 10.0 Å². The lowest BCUT2D eigenvalue weighted by Gasteiger charge is -2.40. The molecule has 0 aromatic rings. The molecule has 0 aromatic heterocycles. The molecule has 1 rings (SSSR count). The molecular weight excluding hydrogens is 291 g/mol. The van der Waals surface area contributed by atoms with Gasteiger partial charge in [-0.3, -0.25) is 4.90 Å². The molecule has 126 valence electrons. The number of hydrogen-bond donors (Lipinski definition) is 0. The van der Waals surface area contributed by atoms with Gasteiger partial charge in [-0.25, -0.2) is 12.8 Å². The second-order valence-electron chi connectivity index (χ2n) is 6.90. The molecule has 21 heavy (non-hydrogen) atoms. The molecule has 3 unspecified atom stereocenters. The SMILES string of the molecule is CCC(C)N1CC(F)CC1CN(C(C)(C)CC)S(C)(=O)=O. The van der Waals surface area contributed by atoms with Crippen molar-refractivity contribution in [1.82, 2.24) is 9.21 Å². The van der Waals surface area contributed by atoms with E-state index in [4.69, 9.17) is 0 Å². The highest BCUT2D eigenvalue weighted by molar-refractivity contribution is 7.88. The van der Waals surface area contributed by atoms with Gasteiger partial charge in [-0.2, -0.15) is 4.31 Å². The lowest BCUT2D eigenvalue weighted by Crippen LogP contribution is -2.53. The van der Waals surface area contributed by atoms with E-state index in [0.717, 1.165) is 12.8 Å². The highest BCUT2D eigenvalue weighted by Crippen LogP contribution is 2.29. The van der Waals surface area contributed by atoms with E-state index >= 15 is 0 Å². The van der Waals surface area contributed by atoms with Crippen molar-refractivity contribution in [1.29, 1.82) is 0 Å². The van der Waals surface area contributed by atoms with E-state index in [-0.39, 0.29) is 12.1 Å². The molecule has 0 spiro atoms. The van der Waals surface area contributed by atoms with Crippen LogP contribution in [0.3, 0.4) is 0 Å². The molecule has 0 aliphatic carbocycles. The molecule has 1 saturated heterocycles. The highest BCUT2D eigenvalue weighted by Gasteiger charge is 2.40. The van der Waals surface area contributed by atoms with Crippen LogP contribution in [0, 0.1) is 0 Å². The first-order valence-corrected chi connectivity index (χ1v) is 9.75. The maximum absolute atomic E-state index is 13.8. The Kier molecular flexibility index (Phi) is 6.21. The largest absolute Gasteiger partial charge is 0.293 e. The average Bonchev–Trinajstić information content (AvgIpc) is 2.74. The molecule has 3 atom stereocenters. The highest BCUT2D eigenvalue weighted by atomic mass is 32.2. The number of sulfonamides is 1. The molecule has 1 heterocycles. The Morgan fingerprint density at radius 3 is 2.38 bits per heavy atom. The minimum Gasteiger partial charge on any atom is -0.293 e. The second kappa shape index (κ2) is 6.92. The quantitative estimate of drug-likeness (QED) is 0.723. The summed E-state index contributed by atoms with van der Waals surface area (Å²) in [6, 6.07) is 0.248. The molecule has 0 N–H and O–H groups in total. The van der Waals surface area contributed by atoms with Gasteiger partial charge >= 0.3 is 0 Å². The standard InChI is InChI=1S/C15H31FN2O2S/c1-7-12(3)17-10-13(16)9-14(17)11-18(21(6,19)20)15(4,5)8-2/h12-14H,7-11H2,1-6H3. The Labute approximate surface area is 129 Å². The summed E-state index contributed by atoms with van der Waals surface area (Å²) in [7, 11) is -3.31. The summed E-state index contributed by atoms with van der Waals surface area (Å²) in [6.07, 6.45) is 2.50. The summed E-state index contributed by atoms with van der Waals surface area (Å²) >= 11 is 0. The molecule has 0 aromatic carbocycles. The van der Waals surface area contributed by atoms with Crippen molar-refractivity contribution in [2.45, 2.75) is 77.7 Å². The van der Waals surface area contributed by atoms with Crippen LogP contribution in [0.25, 0.3) is 0 Å². The maximum Gasteiger partial charge on any atom is 0.211 e. The predicted molar refractivity (Wildman–Crippen MR) is 85.7 cm³/mol. The molecule has 6 heteroatoms. The summed E-state index contributed by atoms with van der Waals surface area (Å²) in [5.41, 5.74) is -0.441. The zero-order chi connectivity index (χ0) is 16.4. The Morgan fingerprint density at radius 1 is 1.38 bits per heavy atom. The van der Waals surface area contributed by atoms with Gasteiger partial charge in [0.2, 0.25) is 10.0 Å². The summed E-state index contributed by atoms with van der Waals surface area (Å²) in [4.78, 5) is 2.13. The van der Waals surface area contributed by atoms with E-state index in [1.54, 1.807) is 4.31 Å². The average molecular weight is 322 g/mol. The van der Waals surface area contributed by atoms with E-state index in [9.17, 15) is 12.8 Å². The van der Waals surface area contributed by atoms with E-state index in [1.165, 1.54) is 6.26 Å². The molecule has 0 radical (unpaired) electrons. The van der Waals surface area contributed by atoms with Crippen LogP contribution in [0.5, 0.6) is 0 Å². The molecule has 0 bridgehead atoms. The van der Waals surface area contributed by atoms with E-state index < -0.39 is 21.7 Å². The van der Waals surface area contributed by atoms with Crippen molar-refractivity contribution in [3.05, 3.63) is 0 Å². The Bertz CT molecular complexity index is 439. The minimum atomic E-state index is -3.31. The van der Waals surface area contributed by atoms with Crippen molar-refractivity contribution >= 4 is 10.0 Å². The summed E-state index contributed by atoms with van der Waals surface area (Å²) in [5, 5.41) is 0. The van der Waals surface area contributed by atoms with Gasteiger partial charge in [0.15, 0.2) is 0 Å². The van der Waals surface area contributed by atoms with Gasteiger partial charge in [-0.1, -0.05) is 13.8 Å². The molecular formula is C15H31FN2O2S. The van der Waals surface area contributed by atoms with Crippen molar-refractivity contribution in [3.63, 3.8) is 0 Å². The van der Waals surface area contributed by atoms with Gasteiger partial charge in [0.05, 0.1) is 6.26 Å². The first-order valence-electron chi connectivity index (χ1n) is 7.90. The Balaban J connectivity index is 2.97. The smallest absolute Gasteiger partial charge is 0.211 e. The normalized spacial score (nSPS) is 26.5. The second-order valence-corrected chi connectivity index (χ2v) is 8.81. The number of halogens is 1. The first kappa shape index (κ1) is 18.8. The zero-order valence-electron chi connectivity index (χ0n) is 14.3. The number of rotatable bonds is 7. The minimum absolute atomic E-state index is 0.0319. The van der Waals surface area contributed by atoms with Gasteiger partial charge in [0.25, 0.3) is 0 Å². The summed E-state index contributed by atoms with van der Waals surface area (Å²) in [5.74, 6) is 0. The van der Waals surface area contributed by atoms with Gasteiger partial charge in [0, 0.05) is 30.7 Å². The molecule has 1 fully saturated rings. The van der Waals surface area contributed by atoms with Crippen molar-refractivity contribution in [2.24, 2.45) is 0 Å². The van der Waals surface area contributed by atoms with Crippen LogP contribution in [-0.4, -0.2) is 60.8 Å². The van der Waals surface area contributed by atoms with Crippen LogP contribution < -0.4 is 0 Å². The van der Waals surface area contributed by atoms with Crippen molar-refractivity contribution in [2.75, 3.05) is 19.3 Å². The van der Waals surface area contributed by atoms with Crippen LogP contribution in [0.4, 0.5) is 4.39 Å². The molecule has 1 aliphatic rings. The van der Waals surface area contributed by atoms with E-state index in [1.807, 2.05) is 20.8 Å². The summed E-state index contributed by atoms with van der Waals surface area (Å²) in [6.45, 7) is 10.8. The fourth-order valence-corrected chi connectivity index (χ4v) is 4.51. The third-order valence-electron chi connectivity index (χ3n) is 4.88. The lowest BCUT2D eigenvalue weighted by molar-refractivity contribution is 0.128. The van der Waals surface area contributed by atoms with E-state index in [0.29, 0.717) is 19.5 Å². The first-order chi connectivity index (χ1) is 9.52. The number of hydrogen-bond acceptors (Lipinski definition) is 3. The Morgan fingerprint density at radius 2 is 1.95 bits per heavy atom. The van der Waals surface area contributed by atoms with Crippen molar-refractivity contribution in [3.8, 4) is 0 Å². The van der Waals surface area contributed by atoms with Crippen LogP contribution in [0.15, 0.2) is 0 Å². The molecule has 1 aliphatic heterocycles. The lowest BCUT2D eigenvalue weighted by atomic mass is 10.0. The third kappa shape index (κ3) is 4.63. The zero-order valence-corrected chi connectivity index (χ0v) is 15.1. The molecule has 0 amide bonds. The molecule has 0 saturated carbocycles. The summed E-state index contributed by atoms with van der Waals surface area (Å²) < 4.78 is 39.7. The fourth-order valence-electron chi connectivity index (χ4n) is 3.04. The number of likely N-dealkylation sites (tertiary alicyclic amines) is 1. The monoisotopic (exact) mass is 322 g/mol. The number of alkyl halides is 1. The van der Waals surface area contributed by atoms with Crippen LogP contribution >= 0.6 is 0 Å². The third-order valence-corrected chi connectivity index (χ3v) is 6.32. The van der Waals surface area contributed by atoms with Gasteiger partial charge < -0.3 is 0 Å². The van der Waals surface area contributed by atoms with Gasteiger partial charge in [-0.15, -0.1) is 0 Å². The van der Waals surface area contributed by atoms with Crippen LogP contribution in [0.1, 0.15) is 53.9 Å². The Hall–Kier alpha value is -0.200. The van der Waals surface area contributed by atoms with Gasteiger partial charge in [-0.05, 0) is 40.0 Å². The predicted octanol–water partition coefficient (Wildman–Crippen LogP) is 2.65. The maximum atomic E-state index is 13.8. The fraction of sp³-hybridized carbons (Fsp3) is 1.00. The number of nitrogens with zero attached hydrogens (tertiary/aromatic N) is 2.